The van der Waals surface area contributed by atoms with E-state index in [0.29, 0.717) is 18.9 Å². The maximum atomic E-state index is 11.9. The SMILES string of the molecule is Cc1cc(C)nc(NC[C@H]2C[C@H](c3nn(C)c(=O)n3C)C[C@H]2O)n1. The molecular formula is C16H24N6O2. The zero-order chi connectivity index (χ0) is 17.4. The van der Waals surface area contributed by atoms with E-state index in [0.717, 1.165) is 23.6 Å². The third-order valence-electron chi connectivity index (χ3n) is 4.69. The van der Waals surface area contributed by atoms with Gasteiger partial charge < -0.3 is 10.4 Å². The summed E-state index contributed by atoms with van der Waals surface area (Å²) in [6, 6.07) is 1.92. The molecule has 24 heavy (non-hydrogen) atoms. The molecule has 3 rings (SSSR count). The number of anilines is 1. The highest BCUT2D eigenvalue weighted by molar-refractivity contribution is 5.28. The van der Waals surface area contributed by atoms with E-state index in [1.54, 1.807) is 18.7 Å². The van der Waals surface area contributed by atoms with Gasteiger partial charge in [0.2, 0.25) is 5.95 Å². The summed E-state index contributed by atoms with van der Waals surface area (Å²) in [5.41, 5.74) is 1.70. The van der Waals surface area contributed by atoms with Crippen molar-refractivity contribution in [2.75, 3.05) is 11.9 Å². The molecule has 8 nitrogen and oxygen atoms in total. The smallest absolute Gasteiger partial charge is 0.345 e. The molecule has 130 valence electrons. The molecule has 0 aliphatic heterocycles. The minimum absolute atomic E-state index is 0.0801. The van der Waals surface area contributed by atoms with Crippen LogP contribution < -0.4 is 11.0 Å². The monoisotopic (exact) mass is 332 g/mol. The van der Waals surface area contributed by atoms with Crippen LogP contribution in [0, 0.1) is 19.8 Å². The molecule has 2 N–H and O–H groups in total. The van der Waals surface area contributed by atoms with E-state index in [4.69, 9.17) is 0 Å². The van der Waals surface area contributed by atoms with Crippen molar-refractivity contribution < 1.29 is 5.11 Å². The van der Waals surface area contributed by atoms with E-state index in [2.05, 4.69) is 20.4 Å². The first-order valence-corrected chi connectivity index (χ1v) is 8.19. The van der Waals surface area contributed by atoms with E-state index >= 15 is 0 Å². The Morgan fingerprint density at radius 2 is 1.92 bits per heavy atom. The van der Waals surface area contributed by atoms with Crippen molar-refractivity contribution >= 4 is 5.95 Å². The van der Waals surface area contributed by atoms with Crippen LogP contribution in [-0.2, 0) is 14.1 Å². The van der Waals surface area contributed by atoms with Gasteiger partial charge in [-0.3, -0.25) is 4.57 Å². The molecule has 0 unspecified atom stereocenters. The van der Waals surface area contributed by atoms with Crippen LogP contribution in [0.25, 0.3) is 0 Å². The molecule has 1 saturated carbocycles. The number of aryl methyl sites for hydroxylation is 3. The second kappa shape index (κ2) is 6.35. The molecule has 0 radical (unpaired) electrons. The molecule has 1 aliphatic carbocycles. The lowest BCUT2D eigenvalue weighted by atomic mass is 10.0. The molecule has 0 bridgehead atoms. The summed E-state index contributed by atoms with van der Waals surface area (Å²) >= 11 is 0. The number of nitrogens with one attached hydrogen (secondary N) is 1. The zero-order valence-corrected chi connectivity index (χ0v) is 14.5. The third-order valence-corrected chi connectivity index (χ3v) is 4.69. The molecule has 1 aliphatic rings. The molecular weight excluding hydrogens is 308 g/mol. The van der Waals surface area contributed by atoms with E-state index in [1.165, 1.54) is 4.68 Å². The maximum Gasteiger partial charge on any atom is 0.345 e. The van der Waals surface area contributed by atoms with Gasteiger partial charge in [-0.2, -0.15) is 5.10 Å². The number of aliphatic hydroxyl groups is 1. The Morgan fingerprint density at radius 3 is 2.50 bits per heavy atom. The number of hydrogen-bond acceptors (Lipinski definition) is 6. The van der Waals surface area contributed by atoms with Gasteiger partial charge in [0.1, 0.15) is 5.82 Å². The van der Waals surface area contributed by atoms with Crippen molar-refractivity contribution in [2.45, 2.75) is 38.7 Å². The Kier molecular flexibility index (Phi) is 4.40. The quantitative estimate of drug-likeness (QED) is 0.846. The van der Waals surface area contributed by atoms with Gasteiger partial charge in [0.25, 0.3) is 0 Å². The Bertz CT molecular complexity index is 776. The summed E-state index contributed by atoms with van der Waals surface area (Å²) in [7, 11) is 3.37. The van der Waals surface area contributed by atoms with E-state index in [1.807, 2.05) is 19.9 Å². The molecule has 0 saturated heterocycles. The Labute approximate surface area is 140 Å². The van der Waals surface area contributed by atoms with Gasteiger partial charge in [0, 0.05) is 43.9 Å². The minimum atomic E-state index is -0.425. The van der Waals surface area contributed by atoms with Crippen LogP contribution in [0.2, 0.25) is 0 Å². The van der Waals surface area contributed by atoms with Gasteiger partial charge in [-0.1, -0.05) is 0 Å². The van der Waals surface area contributed by atoms with Crippen LogP contribution in [0.4, 0.5) is 5.95 Å². The van der Waals surface area contributed by atoms with Crippen molar-refractivity contribution in [1.29, 1.82) is 0 Å². The van der Waals surface area contributed by atoms with Crippen LogP contribution in [0.1, 0.15) is 36.0 Å². The molecule has 1 fully saturated rings. The Hall–Kier alpha value is -2.22. The van der Waals surface area contributed by atoms with Crippen LogP contribution in [0.5, 0.6) is 0 Å². The normalized spacial score (nSPS) is 23.6. The van der Waals surface area contributed by atoms with Crippen LogP contribution in [0.3, 0.4) is 0 Å². The summed E-state index contributed by atoms with van der Waals surface area (Å²) in [6.07, 6.45) is 0.971. The highest BCUT2D eigenvalue weighted by Crippen LogP contribution is 2.37. The molecule has 3 atom stereocenters. The molecule has 2 aromatic rings. The van der Waals surface area contributed by atoms with Crippen molar-refractivity contribution in [1.82, 2.24) is 24.3 Å². The number of nitrogens with zero attached hydrogens (tertiary/aromatic N) is 5. The van der Waals surface area contributed by atoms with Crippen molar-refractivity contribution in [3.05, 3.63) is 33.8 Å². The van der Waals surface area contributed by atoms with Gasteiger partial charge in [0.05, 0.1) is 6.10 Å². The molecule has 8 heteroatoms. The zero-order valence-electron chi connectivity index (χ0n) is 14.5. The van der Waals surface area contributed by atoms with Gasteiger partial charge in [0.15, 0.2) is 0 Å². The van der Waals surface area contributed by atoms with Crippen molar-refractivity contribution in [2.24, 2.45) is 20.0 Å². The second-order valence-corrected chi connectivity index (χ2v) is 6.67. The predicted molar refractivity (Wildman–Crippen MR) is 89.9 cm³/mol. The molecule has 0 spiro atoms. The average molecular weight is 332 g/mol. The summed E-state index contributed by atoms with van der Waals surface area (Å²) in [5.74, 6) is 1.50. The molecule has 0 aromatic carbocycles. The fraction of sp³-hybridized carbons (Fsp3) is 0.625. The third kappa shape index (κ3) is 3.19. The lowest BCUT2D eigenvalue weighted by Crippen LogP contribution is -2.22. The van der Waals surface area contributed by atoms with Gasteiger partial charge in [-0.15, -0.1) is 0 Å². The lowest BCUT2D eigenvalue weighted by molar-refractivity contribution is 0.137. The van der Waals surface area contributed by atoms with Gasteiger partial charge >= 0.3 is 5.69 Å². The first-order chi connectivity index (χ1) is 11.3. The lowest BCUT2D eigenvalue weighted by Gasteiger charge is -2.15. The fourth-order valence-corrected chi connectivity index (χ4v) is 3.49. The summed E-state index contributed by atoms with van der Waals surface area (Å²) in [4.78, 5) is 20.6. The largest absolute Gasteiger partial charge is 0.393 e. The molecule has 2 aromatic heterocycles. The summed E-state index contributed by atoms with van der Waals surface area (Å²) in [6.45, 7) is 4.46. The second-order valence-electron chi connectivity index (χ2n) is 6.67. The van der Waals surface area contributed by atoms with Crippen LogP contribution >= 0.6 is 0 Å². The standard InChI is InChI=1S/C16H24N6O2/c1-9-5-10(2)19-15(18-9)17-8-12-6-11(7-13(12)23)14-20-22(4)16(24)21(14)3/h5,11-13,23H,6-8H2,1-4H3,(H,17,18,19)/t11-,12+,13+/m0/s1. The number of aliphatic hydroxyl groups excluding tert-OH is 1. The Balaban J connectivity index is 1.67. The van der Waals surface area contributed by atoms with Crippen LogP contribution in [0.15, 0.2) is 10.9 Å². The maximum absolute atomic E-state index is 11.9. The molecule has 2 heterocycles. The van der Waals surface area contributed by atoms with E-state index in [-0.39, 0.29) is 17.5 Å². The fourth-order valence-electron chi connectivity index (χ4n) is 3.49. The number of hydrogen-bond donors (Lipinski definition) is 2. The first-order valence-electron chi connectivity index (χ1n) is 8.19. The average Bonchev–Trinajstić information content (AvgIpc) is 2.99. The minimum Gasteiger partial charge on any atom is -0.393 e. The van der Waals surface area contributed by atoms with Crippen molar-refractivity contribution in [3.63, 3.8) is 0 Å². The highest BCUT2D eigenvalue weighted by atomic mass is 16.3. The van der Waals surface area contributed by atoms with E-state index < -0.39 is 6.10 Å². The summed E-state index contributed by atoms with van der Waals surface area (Å²) in [5, 5.41) is 17.9. The Morgan fingerprint density at radius 1 is 1.25 bits per heavy atom. The topological polar surface area (TPSA) is 97.9 Å². The highest BCUT2D eigenvalue weighted by Gasteiger charge is 2.36. The predicted octanol–water partition coefficient (Wildman–Crippen LogP) is 0.492. The summed E-state index contributed by atoms with van der Waals surface area (Å²) < 4.78 is 2.91. The van der Waals surface area contributed by atoms with Gasteiger partial charge in [-0.25, -0.2) is 19.4 Å². The van der Waals surface area contributed by atoms with Crippen molar-refractivity contribution in [3.8, 4) is 0 Å². The van der Waals surface area contributed by atoms with Crippen LogP contribution in [-0.4, -0.2) is 42.1 Å². The van der Waals surface area contributed by atoms with Gasteiger partial charge in [-0.05, 0) is 32.8 Å². The number of rotatable bonds is 4. The van der Waals surface area contributed by atoms with E-state index in [9.17, 15) is 9.90 Å². The first kappa shape index (κ1) is 16.6. The number of aromatic nitrogens is 5. The molecule has 0 amide bonds.